The Kier molecular flexibility index (Phi) is 2.98. The number of alkyl halides is 1. The van der Waals surface area contributed by atoms with Gasteiger partial charge in [-0.1, -0.05) is 42.4 Å². The van der Waals surface area contributed by atoms with Crippen molar-refractivity contribution < 1.29 is 0 Å². The summed E-state index contributed by atoms with van der Waals surface area (Å²) in [6.07, 6.45) is 0. The van der Waals surface area contributed by atoms with Crippen molar-refractivity contribution in [1.82, 2.24) is 0 Å². The maximum atomic E-state index is 5.67. The van der Waals surface area contributed by atoms with Crippen LogP contribution >= 0.6 is 23.2 Å². The fourth-order valence-corrected chi connectivity index (χ4v) is 1.08. The molecule has 1 rings (SSSR count). The fraction of sp³-hybridized carbons (Fsp3) is 0.111. The van der Waals surface area contributed by atoms with Crippen LogP contribution in [0.3, 0.4) is 0 Å². The summed E-state index contributed by atoms with van der Waals surface area (Å²) < 4.78 is 0. The van der Waals surface area contributed by atoms with E-state index < -0.39 is 0 Å². The van der Waals surface area contributed by atoms with Gasteiger partial charge in [0.2, 0.25) is 0 Å². The molecule has 11 heavy (non-hydrogen) atoms. The minimum absolute atomic E-state index is 0.537. The lowest BCUT2D eigenvalue weighted by molar-refractivity contribution is 1.40. The van der Waals surface area contributed by atoms with Crippen LogP contribution in [0, 0.1) is 0 Å². The Morgan fingerprint density at radius 3 is 2.18 bits per heavy atom. The summed E-state index contributed by atoms with van der Waals surface area (Å²) in [5, 5.41) is 0.561. The highest BCUT2D eigenvalue weighted by Gasteiger charge is 1.94. The zero-order valence-corrected chi connectivity index (χ0v) is 7.49. The van der Waals surface area contributed by atoms with Crippen molar-refractivity contribution in [2.24, 2.45) is 0 Å². The monoisotopic (exact) mass is 186 g/mol. The number of benzene rings is 1. The molecule has 0 N–H and O–H groups in total. The van der Waals surface area contributed by atoms with Crippen LogP contribution in [0.5, 0.6) is 0 Å². The molecule has 0 radical (unpaired) electrons. The quantitative estimate of drug-likeness (QED) is 0.620. The highest BCUT2D eigenvalue weighted by molar-refractivity contribution is 6.48. The van der Waals surface area contributed by atoms with Crippen LogP contribution in [0.4, 0.5) is 0 Å². The third-order valence-corrected chi connectivity index (χ3v) is 1.95. The molecule has 0 aromatic heterocycles. The molecule has 0 spiro atoms. The third kappa shape index (κ3) is 2.25. The van der Waals surface area contributed by atoms with E-state index in [1.165, 1.54) is 0 Å². The van der Waals surface area contributed by atoms with E-state index >= 15 is 0 Å². The van der Waals surface area contributed by atoms with E-state index in [9.17, 15) is 0 Å². The molecule has 0 saturated heterocycles. The summed E-state index contributed by atoms with van der Waals surface area (Å²) in [5.41, 5.74) is 2.04. The van der Waals surface area contributed by atoms with Gasteiger partial charge in [0.15, 0.2) is 0 Å². The molecule has 0 fully saturated rings. The van der Waals surface area contributed by atoms with E-state index in [1.54, 1.807) is 0 Å². The minimum atomic E-state index is 0.537. The lowest BCUT2D eigenvalue weighted by Gasteiger charge is -1.98. The second-order valence-corrected chi connectivity index (χ2v) is 2.96. The van der Waals surface area contributed by atoms with Crippen molar-refractivity contribution >= 4 is 28.2 Å². The topological polar surface area (TPSA) is 0 Å². The van der Waals surface area contributed by atoms with E-state index in [-0.39, 0.29) is 0 Å². The standard InChI is InChI=1S/C9H8Cl2/c1-7(11)9-4-2-8(6-10)3-5-9/h2-5H,1,6H2. The molecule has 0 amide bonds. The molecule has 0 bridgehead atoms. The van der Waals surface area contributed by atoms with Gasteiger partial charge in [-0.05, 0) is 11.1 Å². The maximum Gasteiger partial charge on any atom is 0.0474 e. The lowest BCUT2D eigenvalue weighted by Crippen LogP contribution is -1.78. The van der Waals surface area contributed by atoms with Gasteiger partial charge in [-0.15, -0.1) is 11.6 Å². The summed E-state index contributed by atoms with van der Waals surface area (Å²) in [4.78, 5) is 0. The zero-order chi connectivity index (χ0) is 8.27. The highest BCUT2D eigenvalue weighted by atomic mass is 35.5. The van der Waals surface area contributed by atoms with Crippen LogP contribution in [-0.2, 0) is 5.88 Å². The van der Waals surface area contributed by atoms with Gasteiger partial charge in [0.25, 0.3) is 0 Å². The molecule has 0 aliphatic rings. The minimum Gasteiger partial charge on any atom is -0.122 e. The fourth-order valence-electron chi connectivity index (χ4n) is 0.775. The van der Waals surface area contributed by atoms with Crippen molar-refractivity contribution in [3.63, 3.8) is 0 Å². The Bertz CT molecular complexity index is 249. The third-order valence-electron chi connectivity index (χ3n) is 1.42. The van der Waals surface area contributed by atoms with Gasteiger partial charge in [0, 0.05) is 10.9 Å². The van der Waals surface area contributed by atoms with Crippen molar-refractivity contribution in [3.8, 4) is 0 Å². The Hall–Kier alpha value is -0.460. The molecule has 0 nitrogen and oxygen atoms in total. The van der Waals surface area contributed by atoms with Crippen LogP contribution in [0.25, 0.3) is 5.03 Å². The molecule has 0 aliphatic carbocycles. The Balaban J connectivity index is 2.91. The molecule has 0 saturated carbocycles. The van der Waals surface area contributed by atoms with Gasteiger partial charge in [-0.25, -0.2) is 0 Å². The van der Waals surface area contributed by atoms with E-state index in [1.807, 2.05) is 24.3 Å². The number of hydrogen-bond acceptors (Lipinski definition) is 0. The molecule has 0 heterocycles. The van der Waals surface area contributed by atoms with Crippen molar-refractivity contribution in [3.05, 3.63) is 42.0 Å². The first-order valence-electron chi connectivity index (χ1n) is 3.23. The lowest BCUT2D eigenvalue weighted by atomic mass is 10.1. The Labute approximate surface area is 76.4 Å². The number of hydrogen-bond donors (Lipinski definition) is 0. The molecule has 0 atom stereocenters. The second kappa shape index (κ2) is 3.80. The highest BCUT2D eigenvalue weighted by Crippen LogP contribution is 2.17. The van der Waals surface area contributed by atoms with Crippen LogP contribution in [0.2, 0.25) is 0 Å². The summed E-state index contributed by atoms with van der Waals surface area (Å²) in [5.74, 6) is 0.537. The van der Waals surface area contributed by atoms with Crippen LogP contribution in [-0.4, -0.2) is 0 Å². The van der Waals surface area contributed by atoms with Crippen molar-refractivity contribution in [2.75, 3.05) is 0 Å². The summed E-state index contributed by atoms with van der Waals surface area (Å²) in [6, 6.07) is 7.70. The normalized spacial score (nSPS) is 9.64. The molecule has 0 unspecified atom stereocenters. The Morgan fingerprint density at radius 1 is 1.27 bits per heavy atom. The van der Waals surface area contributed by atoms with E-state index in [2.05, 4.69) is 6.58 Å². The molecule has 0 aliphatic heterocycles. The predicted octanol–water partition coefficient (Wildman–Crippen LogP) is 3.63. The largest absolute Gasteiger partial charge is 0.122 e. The zero-order valence-electron chi connectivity index (χ0n) is 5.98. The van der Waals surface area contributed by atoms with Crippen LogP contribution in [0.1, 0.15) is 11.1 Å². The SMILES string of the molecule is C=C(Cl)c1ccc(CCl)cc1. The number of rotatable bonds is 2. The molecule has 1 aromatic rings. The van der Waals surface area contributed by atoms with E-state index in [0.717, 1.165) is 11.1 Å². The predicted molar refractivity (Wildman–Crippen MR) is 50.9 cm³/mol. The molecular formula is C9H8Cl2. The van der Waals surface area contributed by atoms with Gasteiger partial charge >= 0.3 is 0 Å². The second-order valence-electron chi connectivity index (χ2n) is 2.24. The first kappa shape index (κ1) is 8.63. The van der Waals surface area contributed by atoms with Gasteiger partial charge in [0.1, 0.15) is 0 Å². The van der Waals surface area contributed by atoms with E-state index in [0.29, 0.717) is 10.9 Å². The van der Waals surface area contributed by atoms with Crippen molar-refractivity contribution in [2.45, 2.75) is 5.88 Å². The molecular weight excluding hydrogens is 179 g/mol. The Morgan fingerprint density at radius 2 is 1.82 bits per heavy atom. The van der Waals surface area contributed by atoms with Gasteiger partial charge < -0.3 is 0 Å². The first-order valence-corrected chi connectivity index (χ1v) is 4.15. The van der Waals surface area contributed by atoms with Crippen LogP contribution in [0.15, 0.2) is 30.8 Å². The average molecular weight is 187 g/mol. The van der Waals surface area contributed by atoms with Gasteiger partial charge in [-0.3, -0.25) is 0 Å². The summed E-state index contributed by atoms with van der Waals surface area (Å²) in [7, 11) is 0. The number of halogens is 2. The molecule has 58 valence electrons. The summed E-state index contributed by atoms with van der Waals surface area (Å²) in [6.45, 7) is 3.61. The summed E-state index contributed by atoms with van der Waals surface area (Å²) >= 11 is 11.3. The van der Waals surface area contributed by atoms with Crippen molar-refractivity contribution in [1.29, 1.82) is 0 Å². The molecule has 1 aromatic carbocycles. The average Bonchev–Trinajstić information content (AvgIpc) is 2.05. The first-order chi connectivity index (χ1) is 5.24. The molecule has 2 heteroatoms. The smallest absolute Gasteiger partial charge is 0.0474 e. The van der Waals surface area contributed by atoms with Gasteiger partial charge in [-0.2, -0.15) is 0 Å². The maximum absolute atomic E-state index is 5.67. The van der Waals surface area contributed by atoms with E-state index in [4.69, 9.17) is 23.2 Å². The van der Waals surface area contributed by atoms with Gasteiger partial charge in [0.05, 0.1) is 0 Å². The van der Waals surface area contributed by atoms with Crippen LogP contribution < -0.4 is 0 Å².